The van der Waals surface area contributed by atoms with Crippen LogP contribution >= 0.6 is 0 Å². The van der Waals surface area contributed by atoms with E-state index < -0.39 is 5.82 Å². The van der Waals surface area contributed by atoms with Crippen molar-refractivity contribution in [3.05, 3.63) is 42.6 Å². The van der Waals surface area contributed by atoms with Gasteiger partial charge in [0.2, 0.25) is 0 Å². The molecule has 0 saturated carbocycles. The normalized spacial score (nSPS) is 16.6. The average molecular weight is 345 g/mol. The Labute approximate surface area is 145 Å². The van der Waals surface area contributed by atoms with Crippen LogP contribution in [-0.4, -0.2) is 54.2 Å². The van der Waals surface area contributed by atoms with Crippen molar-refractivity contribution < 1.29 is 13.9 Å². The van der Waals surface area contributed by atoms with Crippen molar-refractivity contribution in [2.24, 2.45) is 0 Å². The molecular weight excluding hydrogens is 325 g/mol. The fourth-order valence-corrected chi connectivity index (χ4v) is 2.67. The Morgan fingerprint density at radius 3 is 3.00 bits per heavy atom. The number of pyridine rings is 2. The maximum absolute atomic E-state index is 13.6. The lowest BCUT2D eigenvalue weighted by Gasteiger charge is -2.20. The van der Waals surface area contributed by atoms with E-state index in [4.69, 9.17) is 4.74 Å². The first-order valence-electron chi connectivity index (χ1n) is 7.99. The first-order chi connectivity index (χ1) is 12.0. The van der Waals surface area contributed by atoms with Gasteiger partial charge in [0.1, 0.15) is 6.10 Å². The minimum absolute atomic E-state index is 0.117. The number of carbonyl (C=O) groups excluding carboxylic acids is 1. The fraction of sp³-hybridized carbons (Fsp3) is 0.353. The van der Waals surface area contributed by atoms with Crippen molar-refractivity contribution >= 4 is 17.5 Å². The van der Waals surface area contributed by atoms with Crippen molar-refractivity contribution in [1.29, 1.82) is 0 Å². The topological polar surface area (TPSA) is 70.6 Å². The lowest BCUT2D eigenvalue weighted by Crippen LogP contribution is -2.34. The number of rotatable bonds is 4. The molecule has 1 aliphatic heterocycles. The van der Waals surface area contributed by atoms with Crippen LogP contribution < -0.4 is 15.0 Å². The van der Waals surface area contributed by atoms with Crippen LogP contribution in [0.1, 0.15) is 6.42 Å². The van der Waals surface area contributed by atoms with E-state index in [1.54, 1.807) is 11.1 Å². The van der Waals surface area contributed by atoms with Crippen LogP contribution in [0.15, 0.2) is 36.8 Å². The molecule has 1 saturated heterocycles. The van der Waals surface area contributed by atoms with E-state index in [2.05, 4.69) is 15.3 Å². The number of amides is 2. The summed E-state index contributed by atoms with van der Waals surface area (Å²) in [5.74, 6) is 0.859. The molecule has 3 heterocycles. The zero-order valence-corrected chi connectivity index (χ0v) is 14.1. The Morgan fingerprint density at radius 1 is 1.40 bits per heavy atom. The second-order valence-corrected chi connectivity index (χ2v) is 5.98. The Balaban J connectivity index is 1.60. The Bertz CT molecular complexity index is 755. The predicted molar refractivity (Wildman–Crippen MR) is 92.4 cm³/mol. The van der Waals surface area contributed by atoms with E-state index in [0.29, 0.717) is 25.3 Å². The highest BCUT2D eigenvalue weighted by atomic mass is 19.1. The molecule has 1 atom stereocenters. The lowest BCUT2D eigenvalue weighted by atomic mass is 10.3. The highest BCUT2D eigenvalue weighted by Crippen LogP contribution is 2.27. The van der Waals surface area contributed by atoms with Gasteiger partial charge in [0.05, 0.1) is 18.4 Å². The number of nitrogens with one attached hydrogen (secondary N) is 1. The van der Waals surface area contributed by atoms with Gasteiger partial charge in [-0.3, -0.25) is 4.98 Å². The quantitative estimate of drug-likeness (QED) is 0.921. The molecule has 132 valence electrons. The van der Waals surface area contributed by atoms with E-state index in [0.717, 1.165) is 12.0 Å². The third-order valence-corrected chi connectivity index (χ3v) is 3.91. The standard InChI is InChI=1S/C17H20FN5O2/c1-22(2)16-15(4-3-7-20-16)25-12-6-9-23(11-12)17(24)21-14-5-8-19-10-13(14)18/h3-5,7-8,10,12H,6,9,11H2,1-2H3,(H,19,21,24)/t12-/m1/s1. The van der Waals surface area contributed by atoms with Crippen LogP contribution in [-0.2, 0) is 0 Å². The first-order valence-corrected chi connectivity index (χ1v) is 7.99. The lowest BCUT2D eigenvalue weighted by molar-refractivity contribution is 0.195. The molecular formula is C17H20FN5O2. The minimum atomic E-state index is -0.561. The third kappa shape index (κ3) is 3.96. The number of anilines is 2. The number of urea groups is 1. The molecule has 0 aliphatic carbocycles. The van der Waals surface area contributed by atoms with Crippen LogP contribution in [0, 0.1) is 5.82 Å². The van der Waals surface area contributed by atoms with Crippen LogP contribution in [0.5, 0.6) is 5.75 Å². The van der Waals surface area contributed by atoms with Gasteiger partial charge in [-0.1, -0.05) is 0 Å². The maximum Gasteiger partial charge on any atom is 0.322 e. The molecule has 3 rings (SSSR count). The van der Waals surface area contributed by atoms with Crippen molar-refractivity contribution in [1.82, 2.24) is 14.9 Å². The van der Waals surface area contributed by atoms with Gasteiger partial charge >= 0.3 is 6.03 Å². The first kappa shape index (κ1) is 16.9. The van der Waals surface area contributed by atoms with Gasteiger partial charge in [-0.15, -0.1) is 0 Å². The molecule has 0 aromatic carbocycles. The Morgan fingerprint density at radius 2 is 2.24 bits per heavy atom. The summed E-state index contributed by atoms with van der Waals surface area (Å²) in [4.78, 5) is 23.7. The summed E-state index contributed by atoms with van der Waals surface area (Å²) in [7, 11) is 3.79. The number of likely N-dealkylation sites (tertiary alicyclic amines) is 1. The van der Waals surface area contributed by atoms with E-state index in [9.17, 15) is 9.18 Å². The zero-order valence-electron chi connectivity index (χ0n) is 14.1. The van der Waals surface area contributed by atoms with E-state index in [-0.39, 0.29) is 17.8 Å². The molecule has 1 N–H and O–H groups in total. The van der Waals surface area contributed by atoms with E-state index in [1.165, 1.54) is 12.3 Å². The SMILES string of the molecule is CN(C)c1ncccc1O[C@@H]1CCN(C(=O)Nc2ccncc2F)C1. The van der Waals surface area contributed by atoms with Gasteiger partial charge in [0.25, 0.3) is 0 Å². The highest BCUT2D eigenvalue weighted by Gasteiger charge is 2.28. The van der Waals surface area contributed by atoms with Crippen molar-refractivity contribution in [2.45, 2.75) is 12.5 Å². The second-order valence-electron chi connectivity index (χ2n) is 5.98. The van der Waals surface area contributed by atoms with Gasteiger partial charge in [0, 0.05) is 39.5 Å². The number of carbonyl (C=O) groups is 1. The molecule has 25 heavy (non-hydrogen) atoms. The molecule has 2 aromatic rings. The summed E-state index contributed by atoms with van der Waals surface area (Å²) in [6.07, 6.45) is 4.78. The molecule has 7 nitrogen and oxygen atoms in total. The summed E-state index contributed by atoms with van der Waals surface area (Å²) in [5.41, 5.74) is 0.117. The number of nitrogens with zero attached hydrogens (tertiary/aromatic N) is 4. The molecule has 2 aromatic heterocycles. The highest BCUT2D eigenvalue weighted by molar-refractivity contribution is 5.89. The van der Waals surface area contributed by atoms with Gasteiger partial charge < -0.3 is 19.9 Å². The van der Waals surface area contributed by atoms with Crippen LogP contribution in [0.4, 0.5) is 20.7 Å². The minimum Gasteiger partial charge on any atom is -0.485 e. The molecule has 0 spiro atoms. The maximum atomic E-state index is 13.6. The van der Waals surface area contributed by atoms with Gasteiger partial charge in [-0.05, 0) is 18.2 Å². The second kappa shape index (κ2) is 7.33. The molecule has 0 unspecified atom stereocenters. The third-order valence-electron chi connectivity index (χ3n) is 3.91. The van der Waals surface area contributed by atoms with Crippen LogP contribution in [0.2, 0.25) is 0 Å². The van der Waals surface area contributed by atoms with Gasteiger partial charge in [-0.2, -0.15) is 0 Å². The number of halogens is 1. The summed E-state index contributed by atoms with van der Waals surface area (Å²) < 4.78 is 19.6. The van der Waals surface area contributed by atoms with Crippen molar-refractivity contribution in [2.75, 3.05) is 37.4 Å². The van der Waals surface area contributed by atoms with E-state index >= 15 is 0 Å². The molecule has 1 aliphatic rings. The summed E-state index contributed by atoms with van der Waals surface area (Å²) in [6.45, 7) is 0.973. The van der Waals surface area contributed by atoms with Crippen LogP contribution in [0.3, 0.4) is 0 Å². The largest absolute Gasteiger partial charge is 0.485 e. The Hall–Kier alpha value is -2.90. The predicted octanol–water partition coefficient (Wildman–Crippen LogP) is 2.37. The Kier molecular flexibility index (Phi) is 4.97. The summed E-state index contributed by atoms with van der Waals surface area (Å²) in [5, 5.41) is 2.56. The van der Waals surface area contributed by atoms with Gasteiger partial charge in [-0.25, -0.2) is 14.2 Å². The molecule has 1 fully saturated rings. The number of hydrogen-bond acceptors (Lipinski definition) is 5. The van der Waals surface area contributed by atoms with Gasteiger partial charge in [0.15, 0.2) is 17.4 Å². The van der Waals surface area contributed by atoms with Crippen molar-refractivity contribution in [3.63, 3.8) is 0 Å². The van der Waals surface area contributed by atoms with E-state index in [1.807, 2.05) is 31.1 Å². The average Bonchev–Trinajstić information content (AvgIpc) is 3.06. The van der Waals surface area contributed by atoms with Crippen molar-refractivity contribution in [3.8, 4) is 5.75 Å². The zero-order chi connectivity index (χ0) is 17.8. The molecule has 0 bridgehead atoms. The number of hydrogen-bond donors (Lipinski definition) is 1. The molecule has 8 heteroatoms. The fourth-order valence-electron chi connectivity index (χ4n) is 2.67. The summed E-state index contributed by atoms with van der Waals surface area (Å²) in [6, 6.07) is 4.75. The van der Waals surface area contributed by atoms with Crippen LogP contribution in [0.25, 0.3) is 0 Å². The number of ether oxygens (including phenoxy) is 1. The molecule has 2 amide bonds. The summed E-state index contributed by atoms with van der Waals surface area (Å²) >= 11 is 0. The smallest absolute Gasteiger partial charge is 0.322 e. The molecule has 0 radical (unpaired) electrons. The number of aromatic nitrogens is 2. The monoisotopic (exact) mass is 345 g/mol.